The van der Waals surface area contributed by atoms with E-state index in [0.717, 1.165) is 25.7 Å². The van der Waals surface area contributed by atoms with Gasteiger partial charge in [-0.15, -0.1) is 0 Å². The predicted molar refractivity (Wildman–Crippen MR) is 82.8 cm³/mol. The average molecular weight is 274 g/mol. The average Bonchev–Trinajstić information content (AvgIpc) is 2.53. The van der Waals surface area contributed by atoms with Crippen LogP contribution in [-0.2, 0) is 4.79 Å². The van der Waals surface area contributed by atoms with Gasteiger partial charge in [0, 0.05) is 18.2 Å². The van der Waals surface area contributed by atoms with Gasteiger partial charge in [0.2, 0.25) is 0 Å². The van der Waals surface area contributed by atoms with Crippen LogP contribution in [0, 0.1) is 18.8 Å². The first kappa shape index (κ1) is 9.76. The van der Waals surface area contributed by atoms with Gasteiger partial charge < -0.3 is 0 Å². The van der Waals surface area contributed by atoms with E-state index < -0.39 is 18.5 Å². The summed E-state index contributed by atoms with van der Waals surface area (Å²) in [5, 5.41) is 0. The first-order valence-electron chi connectivity index (χ1n) is 9.80. The summed E-state index contributed by atoms with van der Waals surface area (Å²) in [7, 11) is 0. The van der Waals surface area contributed by atoms with Gasteiger partial charge >= 0.3 is 0 Å². The molecule has 2 aliphatic rings. The van der Waals surface area contributed by atoms with E-state index in [4.69, 9.17) is 5.48 Å². The molecule has 1 nitrogen and oxygen atoms in total. The molecule has 0 bridgehead atoms. The predicted octanol–water partition coefficient (Wildman–Crippen LogP) is 5.03. The van der Waals surface area contributed by atoms with Crippen LogP contribution in [-0.4, -0.2) is 5.78 Å². The van der Waals surface area contributed by atoms with Crippen LogP contribution >= 0.6 is 0 Å². The molecule has 0 amide bonds. The van der Waals surface area contributed by atoms with E-state index in [9.17, 15) is 4.79 Å². The second-order valence-corrected chi connectivity index (χ2v) is 6.37. The van der Waals surface area contributed by atoms with Crippen molar-refractivity contribution in [2.45, 2.75) is 64.1 Å². The summed E-state index contributed by atoms with van der Waals surface area (Å²) in [6.45, 7) is 2.09. The highest BCUT2D eigenvalue weighted by Gasteiger charge is 2.30. The van der Waals surface area contributed by atoms with Crippen LogP contribution in [0.1, 0.15) is 73.8 Å². The fourth-order valence-electron chi connectivity index (χ4n) is 3.68. The van der Waals surface area contributed by atoms with Gasteiger partial charge in [-0.05, 0) is 68.8 Å². The topological polar surface area (TPSA) is 17.1 Å². The molecule has 20 heavy (non-hydrogen) atoms. The second kappa shape index (κ2) is 6.11. The van der Waals surface area contributed by atoms with Crippen LogP contribution in [0.5, 0.6) is 0 Å². The van der Waals surface area contributed by atoms with Crippen molar-refractivity contribution < 1.29 is 10.3 Å². The molecule has 1 aromatic rings. The molecule has 2 fully saturated rings. The Balaban J connectivity index is 1.64. The third-order valence-corrected chi connectivity index (χ3v) is 5.04. The molecule has 108 valence electrons. The van der Waals surface area contributed by atoms with Gasteiger partial charge in [0.25, 0.3) is 0 Å². The molecule has 0 spiro atoms. The van der Waals surface area contributed by atoms with E-state index in [1.54, 1.807) is 0 Å². The van der Waals surface area contributed by atoms with E-state index >= 15 is 0 Å². The van der Waals surface area contributed by atoms with E-state index in [-0.39, 0.29) is 18.8 Å². The molecule has 3 rings (SSSR count). The SMILES string of the molecule is [2H]C1([2H])CC([C@H]2CC[C@H](c3ccc(C)cc3)CC2)CC([2H])([2H])C1=O. The van der Waals surface area contributed by atoms with Crippen LogP contribution < -0.4 is 0 Å². The lowest BCUT2D eigenvalue weighted by molar-refractivity contribution is -0.121. The molecular weight excluding hydrogens is 244 g/mol. The smallest absolute Gasteiger partial charge is 0.132 e. The fraction of sp³-hybridized carbons (Fsp3) is 0.632. The molecule has 1 aromatic carbocycles. The number of benzene rings is 1. The summed E-state index contributed by atoms with van der Waals surface area (Å²) in [4.78, 5) is 11.9. The normalized spacial score (nSPS) is 36.5. The molecule has 0 aromatic heterocycles. The quantitative estimate of drug-likeness (QED) is 0.739. The number of carbonyl (C=O) groups excluding carboxylic acids is 1. The highest BCUT2D eigenvalue weighted by molar-refractivity contribution is 5.79. The van der Waals surface area contributed by atoms with Gasteiger partial charge in [-0.3, -0.25) is 4.79 Å². The summed E-state index contributed by atoms with van der Waals surface area (Å²) in [6.07, 6.45) is 0.498. The summed E-state index contributed by atoms with van der Waals surface area (Å²) in [6, 6.07) is 8.71. The van der Waals surface area contributed by atoms with E-state index in [1.165, 1.54) is 11.1 Å². The van der Waals surface area contributed by atoms with Gasteiger partial charge in [0.1, 0.15) is 5.78 Å². The van der Waals surface area contributed by atoms with Crippen molar-refractivity contribution in [2.24, 2.45) is 11.8 Å². The second-order valence-electron chi connectivity index (χ2n) is 6.37. The maximum atomic E-state index is 11.9. The Morgan fingerprint density at radius 2 is 1.45 bits per heavy atom. The lowest BCUT2D eigenvalue weighted by Gasteiger charge is -2.35. The first-order chi connectivity index (χ1) is 11.2. The van der Waals surface area contributed by atoms with E-state index in [1.807, 2.05) is 0 Å². The minimum Gasteiger partial charge on any atom is -0.300 e. The van der Waals surface area contributed by atoms with Gasteiger partial charge in [0.05, 0.1) is 0 Å². The molecule has 0 radical (unpaired) electrons. The Morgan fingerprint density at radius 3 is 2.05 bits per heavy atom. The highest BCUT2D eigenvalue weighted by Crippen LogP contribution is 2.42. The summed E-state index contributed by atoms with van der Waals surface area (Å²) < 4.78 is 31.6. The number of aryl methyl sites for hydroxylation is 1. The highest BCUT2D eigenvalue weighted by atomic mass is 16.1. The zero-order valence-electron chi connectivity index (χ0n) is 16.2. The van der Waals surface area contributed by atoms with Crippen LogP contribution in [0.25, 0.3) is 0 Å². The monoisotopic (exact) mass is 274 g/mol. The Bertz CT molecular complexity index is 580. The third kappa shape index (κ3) is 3.13. The number of carbonyl (C=O) groups is 1. The summed E-state index contributed by atoms with van der Waals surface area (Å²) in [5.74, 6) is 0.0109. The van der Waals surface area contributed by atoms with Crippen molar-refractivity contribution in [1.29, 1.82) is 0 Å². The molecule has 0 N–H and O–H groups in total. The molecule has 0 unspecified atom stereocenters. The fourth-order valence-corrected chi connectivity index (χ4v) is 3.68. The maximum absolute atomic E-state index is 11.9. The zero-order chi connectivity index (χ0) is 17.5. The Morgan fingerprint density at radius 1 is 0.900 bits per heavy atom. The third-order valence-electron chi connectivity index (χ3n) is 5.04. The van der Waals surface area contributed by atoms with Crippen LogP contribution in [0.15, 0.2) is 24.3 Å². The van der Waals surface area contributed by atoms with Crippen molar-refractivity contribution >= 4 is 5.78 Å². The van der Waals surface area contributed by atoms with Crippen LogP contribution in [0.3, 0.4) is 0 Å². The molecule has 1 heteroatoms. The number of rotatable bonds is 2. The molecule has 0 saturated heterocycles. The van der Waals surface area contributed by atoms with Crippen LogP contribution in [0.2, 0.25) is 0 Å². The van der Waals surface area contributed by atoms with Crippen molar-refractivity contribution in [3.05, 3.63) is 35.4 Å². The summed E-state index contributed by atoms with van der Waals surface area (Å²) >= 11 is 0. The molecular formula is C19H26O. The van der Waals surface area contributed by atoms with Crippen LogP contribution in [0.4, 0.5) is 0 Å². The van der Waals surface area contributed by atoms with Crippen molar-refractivity contribution in [3.63, 3.8) is 0 Å². The molecule has 2 saturated carbocycles. The molecule has 0 heterocycles. The number of ketones is 1. The molecule has 2 aliphatic carbocycles. The standard InChI is InChI=1S/C19H26O/c1-14-2-4-15(5-3-14)16-6-8-17(9-7-16)18-10-12-19(20)13-11-18/h2-5,16-18H,6-13H2,1H3/t16-,17-/i12D2,13D2. The van der Waals surface area contributed by atoms with E-state index in [2.05, 4.69) is 31.2 Å². The lowest BCUT2D eigenvalue weighted by Crippen LogP contribution is -2.25. The molecule has 0 aliphatic heterocycles. The largest absolute Gasteiger partial charge is 0.300 e. The van der Waals surface area contributed by atoms with Gasteiger partial charge in [0.15, 0.2) is 0 Å². The zero-order valence-corrected chi connectivity index (χ0v) is 12.2. The summed E-state index contributed by atoms with van der Waals surface area (Å²) in [5.41, 5.74) is 2.65. The van der Waals surface area contributed by atoms with Crippen molar-refractivity contribution in [3.8, 4) is 0 Å². The van der Waals surface area contributed by atoms with Gasteiger partial charge in [-0.2, -0.15) is 0 Å². The minimum absolute atomic E-state index is 0.0216. The Labute approximate surface area is 128 Å². The first-order valence-corrected chi connectivity index (χ1v) is 7.80. The minimum atomic E-state index is -2.01. The number of Topliss-reactive ketones (excluding diaryl/α,β-unsaturated/α-hetero) is 1. The Hall–Kier alpha value is -1.11. The molecule has 0 atom stereocenters. The maximum Gasteiger partial charge on any atom is 0.132 e. The van der Waals surface area contributed by atoms with Gasteiger partial charge in [-0.25, -0.2) is 0 Å². The number of hydrogen-bond acceptors (Lipinski definition) is 1. The van der Waals surface area contributed by atoms with Crippen molar-refractivity contribution in [2.75, 3.05) is 0 Å². The van der Waals surface area contributed by atoms with Crippen molar-refractivity contribution in [1.82, 2.24) is 0 Å². The Kier molecular flexibility index (Phi) is 2.98. The number of hydrogen-bond donors (Lipinski definition) is 0. The van der Waals surface area contributed by atoms with E-state index in [0.29, 0.717) is 11.8 Å². The van der Waals surface area contributed by atoms with Gasteiger partial charge in [-0.1, -0.05) is 29.8 Å². The lowest BCUT2D eigenvalue weighted by atomic mass is 9.70.